The predicted molar refractivity (Wildman–Crippen MR) is 200 cm³/mol. The number of nitrogens with zero attached hydrogens (tertiary/aromatic N) is 9. The van der Waals surface area contributed by atoms with E-state index >= 15 is 8.78 Å². The summed E-state index contributed by atoms with van der Waals surface area (Å²) in [6.07, 6.45) is 0.941. The number of fused-ring (bicyclic) bond motifs is 2. The van der Waals surface area contributed by atoms with Crippen molar-refractivity contribution in [3.63, 3.8) is 0 Å². The molecule has 56 heavy (non-hydrogen) atoms. The van der Waals surface area contributed by atoms with Crippen LogP contribution in [0.4, 0.5) is 33.2 Å². The van der Waals surface area contributed by atoms with Crippen LogP contribution in [0.25, 0.3) is 32.1 Å². The lowest BCUT2D eigenvalue weighted by molar-refractivity contribution is 0.0233. The first-order chi connectivity index (χ1) is 26.9. The second-order valence-corrected chi connectivity index (χ2v) is 16.6. The molecule has 3 fully saturated rings. The zero-order valence-electron chi connectivity index (χ0n) is 30.2. The summed E-state index contributed by atoms with van der Waals surface area (Å²) in [6, 6.07) is 3.62. The van der Waals surface area contributed by atoms with Crippen molar-refractivity contribution in [1.29, 1.82) is 5.26 Å². The van der Waals surface area contributed by atoms with Gasteiger partial charge in [0.2, 0.25) is 0 Å². The number of likely N-dealkylation sites (tertiary alicyclic amines) is 1. The van der Waals surface area contributed by atoms with Gasteiger partial charge in [0.15, 0.2) is 11.6 Å². The molecule has 3 saturated heterocycles. The SMILES string of the molecule is CC(C)[C@@H]1[C@H](CN2CCOc3c(Cl)c(-c4ccc(F)c5sc(N)c(C#N)c45)c(F)c4nc(OC[C@@]56CCCN5C[C@H](F)C6)nc2c34)CN1C(=O)n1cnc(F)n1. The van der Waals surface area contributed by atoms with E-state index in [0.29, 0.717) is 26.1 Å². The van der Waals surface area contributed by atoms with Gasteiger partial charge in [-0.2, -0.15) is 29.3 Å². The summed E-state index contributed by atoms with van der Waals surface area (Å²) in [6.45, 7) is 6.13. The lowest BCUT2D eigenvalue weighted by Crippen LogP contribution is -2.64. The van der Waals surface area contributed by atoms with E-state index in [-0.39, 0.29) is 103 Å². The van der Waals surface area contributed by atoms with Gasteiger partial charge in [-0.25, -0.2) is 18.0 Å². The summed E-state index contributed by atoms with van der Waals surface area (Å²) in [7, 11) is 0. The third-order valence-corrected chi connectivity index (χ3v) is 13.0. The quantitative estimate of drug-likeness (QED) is 0.182. The third-order valence-electron chi connectivity index (χ3n) is 11.6. The number of hydrogen-bond acceptors (Lipinski definition) is 12. The summed E-state index contributed by atoms with van der Waals surface area (Å²) < 4.78 is 74.3. The molecular weight excluding hydrogens is 776 g/mol. The first-order valence-corrected chi connectivity index (χ1v) is 19.5. The van der Waals surface area contributed by atoms with Crippen LogP contribution in [0.2, 0.25) is 5.02 Å². The number of thiophene rings is 1. The number of hydrogen-bond donors (Lipinski definition) is 1. The van der Waals surface area contributed by atoms with Gasteiger partial charge in [0.25, 0.3) is 0 Å². The summed E-state index contributed by atoms with van der Waals surface area (Å²) in [5.74, 6) is -1.23. The Morgan fingerprint density at radius 1 is 1.21 bits per heavy atom. The average Bonchev–Trinajstić information content (AvgIpc) is 3.89. The van der Waals surface area contributed by atoms with Crippen molar-refractivity contribution in [2.24, 2.45) is 11.8 Å². The summed E-state index contributed by atoms with van der Waals surface area (Å²) in [5.41, 5.74) is 5.36. The van der Waals surface area contributed by atoms with E-state index in [1.54, 1.807) is 4.90 Å². The number of benzene rings is 2. The lowest BCUT2D eigenvalue weighted by atomic mass is 9.81. The Morgan fingerprint density at radius 3 is 2.79 bits per heavy atom. The molecule has 3 aromatic heterocycles. The smallest absolute Gasteiger partial charge is 0.346 e. The Morgan fingerprint density at radius 2 is 2.04 bits per heavy atom. The van der Waals surface area contributed by atoms with Crippen molar-refractivity contribution in [2.75, 3.05) is 56.6 Å². The Kier molecular flexibility index (Phi) is 8.89. The molecule has 0 spiro atoms. The molecule has 4 aliphatic heterocycles. The highest BCUT2D eigenvalue weighted by atomic mass is 35.5. The Bertz CT molecular complexity index is 2480. The van der Waals surface area contributed by atoms with Gasteiger partial charge in [-0.05, 0) is 36.9 Å². The van der Waals surface area contributed by atoms with Gasteiger partial charge in [-0.1, -0.05) is 31.5 Å². The Labute approximate surface area is 326 Å². The largest absolute Gasteiger partial charge is 0.489 e. The van der Waals surface area contributed by atoms with Crippen LogP contribution in [-0.2, 0) is 0 Å². The molecule has 0 radical (unpaired) electrons. The van der Waals surface area contributed by atoms with Crippen molar-refractivity contribution in [1.82, 2.24) is 34.5 Å². The number of rotatable bonds is 7. The number of nitriles is 1. The van der Waals surface area contributed by atoms with Crippen molar-refractivity contribution >= 4 is 60.8 Å². The highest BCUT2D eigenvalue weighted by molar-refractivity contribution is 7.23. The van der Waals surface area contributed by atoms with Crippen LogP contribution in [0.1, 0.15) is 38.7 Å². The van der Waals surface area contributed by atoms with Crippen molar-refractivity contribution in [3.05, 3.63) is 46.8 Å². The molecule has 2 aromatic carbocycles. The van der Waals surface area contributed by atoms with Gasteiger partial charge in [0.05, 0.1) is 32.8 Å². The maximum atomic E-state index is 17.4. The number of halogens is 5. The molecule has 7 heterocycles. The Balaban J connectivity index is 1.16. The van der Waals surface area contributed by atoms with Gasteiger partial charge in [-0.15, -0.1) is 16.4 Å². The minimum absolute atomic E-state index is 0.00307. The second-order valence-electron chi connectivity index (χ2n) is 15.2. The minimum Gasteiger partial charge on any atom is -0.489 e. The number of nitrogens with two attached hydrogens (primary N) is 1. The second kappa shape index (κ2) is 13.6. The number of anilines is 2. The Hall–Kier alpha value is -4.99. The number of carbonyl (C=O) groups excluding carboxylic acids is 1. The molecule has 0 aliphatic carbocycles. The molecule has 9 rings (SSSR count). The number of amides is 1. The van der Waals surface area contributed by atoms with Crippen LogP contribution in [0.15, 0.2) is 18.5 Å². The van der Waals surface area contributed by atoms with Gasteiger partial charge < -0.3 is 25.0 Å². The number of alkyl halides is 1. The van der Waals surface area contributed by atoms with Gasteiger partial charge >= 0.3 is 18.1 Å². The molecule has 4 aliphatic rings. The molecule has 0 saturated carbocycles. The van der Waals surface area contributed by atoms with Crippen molar-refractivity contribution < 1.29 is 31.8 Å². The molecule has 2 N–H and O–H groups in total. The maximum Gasteiger partial charge on any atom is 0.346 e. The molecule has 13 nitrogen and oxygen atoms in total. The summed E-state index contributed by atoms with van der Waals surface area (Å²) >= 11 is 7.96. The fraction of sp³-hybridized carbons (Fsp3) is 0.459. The fourth-order valence-corrected chi connectivity index (χ4v) is 10.5. The normalized spacial score (nSPS) is 23.4. The van der Waals surface area contributed by atoms with Crippen LogP contribution in [0.3, 0.4) is 0 Å². The zero-order valence-corrected chi connectivity index (χ0v) is 31.8. The zero-order chi connectivity index (χ0) is 39.2. The van der Waals surface area contributed by atoms with Crippen molar-refractivity contribution in [2.45, 2.75) is 50.9 Å². The van der Waals surface area contributed by atoms with Gasteiger partial charge in [0.1, 0.15) is 53.9 Å². The molecule has 0 bridgehead atoms. The van der Waals surface area contributed by atoms with Crippen molar-refractivity contribution in [3.8, 4) is 29.0 Å². The van der Waals surface area contributed by atoms with Crippen LogP contribution in [-0.4, -0.2) is 104 Å². The lowest BCUT2D eigenvalue weighted by Gasteiger charge is -2.51. The summed E-state index contributed by atoms with van der Waals surface area (Å²) in [4.78, 5) is 31.8. The first-order valence-electron chi connectivity index (χ1n) is 18.3. The number of nitrogen functional groups attached to an aromatic ring is 1. The molecule has 4 atom stereocenters. The predicted octanol–water partition coefficient (Wildman–Crippen LogP) is 6.41. The molecule has 0 unspecified atom stereocenters. The number of aromatic nitrogens is 5. The van der Waals surface area contributed by atoms with E-state index in [2.05, 4.69) is 20.0 Å². The highest BCUT2D eigenvalue weighted by Crippen LogP contribution is 2.51. The maximum absolute atomic E-state index is 17.4. The molecule has 5 aromatic rings. The minimum atomic E-state index is -1.01. The van der Waals surface area contributed by atoms with Gasteiger partial charge in [-0.3, -0.25) is 4.90 Å². The molecule has 19 heteroatoms. The van der Waals surface area contributed by atoms with E-state index in [1.807, 2.05) is 24.8 Å². The molecule has 1 amide bonds. The third kappa shape index (κ3) is 5.68. The molecular formula is C37H35ClF4N10O3S. The standard InChI is InChI=1S/C37H35ClF4N10O3S/c1-17(2)29-18(13-51(29)36(53)52-16-45-34(42)48-52)12-49-8-9-54-30-25-28(46-35(47-33(25)49)55-15-37-6-3-7-50(37)14-19(39)10-37)27(41)24(26(30)38)20-4-5-22(40)31-23(20)21(11-43)32(44)56-31/h4-5,16-19,29H,3,6-10,12-15,44H2,1-2H3/t18-,19-,29-,37+/m1/s1. The highest BCUT2D eigenvalue weighted by Gasteiger charge is 2.50. The van der Waals surface area contributed by atoms with Crippen LogP contribution < -0.4 is 20.1 Å². The number of ether oxygens (including phenoxy) is 2. The fourth-order valence-electron chi connectivity index (χ4n) is 9.22. The van der Waals surface area contributed by atoms with E-state index in [9.17, 15) is 18.8 Å². The average molecular weight is 811 g/mol. The molecule has 292 valence electrons. The van der Waals surface area contributed by atoms with E-state index in [1.165, 1.54) is 12.1 Å². The number of carbonyl (C=O) groups is 1. The van der Waals surface area contributed by atoms with E-state index in [4.69, 9.17) is 31.8 Å². The van der Waals surface area contributed by atoms with Crippen LogP contribution >= 0.6 is 22.9 Å². The summed E-state index contributed by atoms with van der Waals surface area (Å²) in [5, 5.41) is 13.8. The van der Waals surface area contributed by atoms with E-state index < -0.39 is 35.5 Å². The first kappa shape index (κ1) is 36.6. The van der Waals surface area contributed by atoms with E-state index in [0.717, 1.165) is 41.7 Å². The monoisotopic (exact) mass is 810 g/mol. The van der Waals surface area contributed by atoms with Crippen LogP contribution in [0, 0.1) is 40.9 Å². The van der Waals surface area contributed by atoms with Gasteiger partial charge in [0, 0.05) is 49.0 Å². The van der Waals surface area contributed by atoms with Crippen LogP contribution in [0.5, 0.6) is 11.8 Å². The topological polar surface area (TPSA) is 152 Å².